The van der Waals surface area contributed by atoms with Crippen molar-refractivity contribution >= 4 is 11.5 Å². The number of hydrogen-bond donors (Lipinski definition) is 0. The second-order valence-electron chi connectivity index (χ2n) is 8.21. The Morgan fingerprint density at radius 3 is 2.76 bits per heavy atom. The van der Waals surface area contributed by atoms with E-state index in [1.807, 2.05) is 30.7 Å². The molecule has 5 heteroatoms. The Balaban J connectivity index is 1.36. The molecular weight excluding hydrogens is 365 g/mol. The predicted molar refractivity (Wildman–Crippen MR) is 112 cm³/mol. The molecule has 1 atom stereocenters. The summed E-state index contributed by atoms with van der Waals surface area (Å²) in [4.78, 5) is 18.1. The van der Waals surface area contributed by atoms with Crippen LogP contribution in [-0.4, -0.2) is 28.4 Å². The van der Waals surface area contributed by atoms with Gasteiger partial charge in [0.25, 0.3) is 0 Å². The average molecular weight is 389 g/mol. The summed E-state index contributed by atoms with van der Waals surface area (Å²) in [5, 5.41) is 0. The van der Waals surface area contributed by atoms with Gasteiger partial charge in [0.15, 0.2) is 0 Å². The first kappa shape index (κ1) is 18.1. The number of fused-ring (bicyclic) bond motifs is 3. The van der Waals surface area contributed by atoms with E-state index in [-0.39, 0.29) is 17.6 Å². The second kappa shape index (κ2) is 7.14. The highest BCUT2D eigenvalue weighted by Crippen LogP contribution is 2.46. The Kier molecular flexibility index (Phi) is 4.46. The fourth-order valence-electron chi connectivity index (χ4n) is 5.02. The maximum absolute atomic E-state index is 14.8. The van der Waals surface area contributed by atoms with Crippen LogP contribution in [0.25, 0.3) is 11.3 Å². The zero-order valence-corrected chi connectivity index (χ0v) is 16.5. The van der Waals surface area contributed by atoms with Gasteiger partial charge >= 0.3 is 0 Å². The molecule has 0 bridgehead atoms. The lowest BCUT2D eigenvalue weighted by Gasteiger charge is -2.37. The Morgan fingerprint density at radius 1 is 1.17 bits per heavy atom. The second-order valence-corrected chi connectivity index (χ2v) is 8.21. The fraction of sp³-hybridized carbons (Fsp3) is 0.333. The molecule has 0 aliphatic carbocycles. The summed E-state index contributed by atoms with van der Waals surface area (Å²) in [5.41, 5.74) is 5.05. The van der Waals surface area contributed by atoms with Crippen LogP contribution in [0.5, 0.6) is 0 Å². The van der Waals surface area contributed by atoms with E-state index in [0.717, 1.165) is 48.3 Å². The Bertz CT molecular complexity index is 1070. The van der Waals surface area contributed by atoms with Gasteiger partial charge in [-0.05, 0) is 49.4 Å². The molecule has 2 aromatic carbocycles. The number of benzene rings is 2. The largest absolute Gasteiger partial charge is 0.372 e. The molecule has 1 aromatic heterocycles. The molecule has 2 aliphatic heterocycles. The minimum Gasteiger partial charge on any atom is -0.372 e. The molecule has 1 unspecified atom stereocenters. The van der Waals surface area contributed by atoms with Crippen molar-refractivity contribution < 1.29 is 9.18 Å². The number of carbonyl (C=O) groups excluding carboxylic acids is 1. The minimum absolute atomic E-state index is 0.0231. The Morgan fingerprint density at radius 2 is 1.97 bits per heavy atom. The highest BCUT2D eigenvalue weighted by Gasteiger charge is 2.37. The van der Waals surface area contributed by atoms with Crippen molar-refractivity contribution in [2.45, 2.75) is 32.2 Å². The van der Waals surface area contributed by atoms with Crippen LogP contribution in [0.4, 0.5) is 10.1 Å². The molecule has 5 rings (SSSR count). The van der Waals surface area contributed by atoms with E-state index in [1.165, 1.54) is 5.69 Å². The summed E-state index contributed by atoms with van der Waals surface area (Å²) in [6.45, 7) is 3.48. The van der Waals surface area contributed by atoms with E-state index in [0.29, 0.717) is 12.3 Å². The summed E-state index contributed by atoms with van der Waals surface area (Å²) in [7, 11) is 0. The zero-order chi connectivity index (χ0) is 20.0. The van der Waals surface area contributed by atoms with Crippen LogP contribution >= 0.6 is 0 Å². The Hall–Kier alpha value is -2.95. The van der Waals surface area contributed by atoms with Crippen LogP contribution in [0.1, 0.15) is 36.9 Å². The minimum atomic E-state index is -0.115. The summed E-state index contributed by atoms with van der Waals surface area (Å²) in [5.74, 6) is 0.437. The third-order valence-corrected chi connectivity index (χ3v) is 6.31. The lowest BCUT2D eigenvalue weighted by atomic mass is 9.85. The third kappa shape index (κ3) is 3.15. The zero-order valence-electron chi connectivity index (χ0n) is 16.5. The molecule has 0 N–H and O–H groups in total. The van der Waals surface area contributed by atoms with Crippen LogP contribution in [-0.2, 0) is 11.2 Å². The monoisotopic (exact) mass is 389 g/mol. The first-order chi connectivity index (χ1) is 14.1. The van der Waals surface area contributed by atoms with Crippen molar-refractivity contribution in [2.24, 2.45) is 5.92 Å². The number of piperidine rings is 1. The molecule has 4 nitrogen and oxygen atoms in total. The SMILES string of the molecule is CC(=O)Cc1cccc(N2CCC(C3c4c(F)cccc4-c4cncn43)CC2)c1. The number of imidazole rings is 1. The van der Waals surface area contributed by atoms with Gasteiger partial charge in [0, 0.05) is 36.3 Å². The van der Waals surface area contributed by atoms with Gasteiger partial charge in [-0.25, -0.2) is 9.37 Å². The average Bonchev–Trinajstić information content (AvgIpc) is 3.30. The lowest BCUT2D eigenvalue weighted by molar-refractivity contribution is -0.116. The van der Waals surface area contributed by atoms with Crippen molar-refractivity contribution in [1.82, 2.24) is 9.55 Å². The summed E-state index contributed by atoms with van der Waals surface area (Å²) in [6, 6.07) is 13.7. The van der Waals surface area contributed by atoms with Crippen molar-refractivity contribution in [1.29, 1.82) is 0 Å². The Labute approximate surface area is 170 Å². The third-order valence-electron chi connectivity index (χ3n) is 6.31. The molecule has 1 fully saturated rings. The molecular formula is C24H24FN3O. The summed E-state index contributed by atoms with van der Waals surface area (Å²) in [6.07, 6.45) is 6.15. The van der Waals surface area contributed by atoms with Crippen LogP contribution in [0.2, 0.25) is 0 Å². The normalized spacial score (nSPS) is 18.6. The number of hydrogen-bond acceptors (Lipinski definition) is 3. The molecule has 148 valence electrons. The van der Waals surface area contributed by atoms with Crippen molar-refractivity contribution in [3.05, 3.63) is 71.9 Å². The van der Waals surface area contributed by atoms with Gasteiger partial charge in [-0.3, -0.25) is 4.79 Å². The van der Waals surface area contributed by atoms with Gasteiger partial charge in [0.2, 0.25) is 0 Å². The van der Waals surface area contributed by atoms with E-state index < -0.39 is 0 Å². The quantitative estimate of drug-likeness (QED) is 0.652. The van der Waals surface area contributed by atoms with E-state index in [9.17, 15) is 9.18 Å². The van der Waals surface area contributed by atoms with Gasteiger partial charge in [-0.1, -0.05) is 24.3 Å². The standard InChI is InChI=1S/C24H24FN3O/c1-16(29)12-17-4-2-5-19(13-17)27-10-8-18(9-11-27)24-23-20(6-3-7-21(23)25)22-14-26-15-28(22)24/h2-7,13-15,18,24H,8-12H2,1H3. The van der Waals surface area contributed by atoms with Crippen molar-refractivity contribution in [3.8, 4) is 11.3 Å². The fourth-order valence-corrected chi connectivity index (χ4v) is 5.02. The number of anilines is 1. The smallest absolute Gasteiger partial charge is 0.134 e. The van der Waals surface area contributed by atoms with Gasteiger partial charge in [-0.15, -0.1) is 0 Å². The maximum Gasteiger partial charge on any atom is 0.134 e. The molecule has 0 saturated carbocycles. The lowest BCUT2D eigenvalue weighted by Crippen LogP contribution is -2.36. The number of aromatic nitrogens is 2. The molecule has 0 spiro atoms. The van der Waals surface area contributed by atoms with Crippen LogP contribution in [0.3, 0.4) is 0 Å². The van der Waals surface area contributed by atoms with Gasteiger partial charge < -0.3 is 9.47 Å². The highest BCUT2D eigenvalue weighted by atomic mass is 19.1. The topological polar surface area (TPSA) is 38.1 Å². The number of halogens is 1. The van der Waals surface area contributed by atoms with Crippen LogP contribution in [0, 0.1) is 11.7 Å². The predicted octanol–water partition coefficient (Wildman–Crippen LogP) is 4.64. The molecule has 0 radical (unpaired) electrons. The molecule has 3 aromatic rings. The number of rotatable bonds is 4. The summed E-state index contributed by atoms with van der Waals surface area (Å²) >= 11 is 0. The number of Topliss-reactive ketones (excluding diaryl/α,β-unsaturated/α-hetero) is 1. The maximum atomic E-state index is 14.8. The summed E-state index contributed by atoms with van der Waals surface area (Å²) < 4.78 is 16.9. The van der Waals surface area contributed by atoms with Crippen molar-refractivity contribution in [2.75, 3.05) is 18.0 Å². The van der Waals surface area contributed by atoms with E-state index in [2.05, 4.69) is 26.6 Å². The number of carbonyl (C=O) groups is 1. The van der Waals surface area contributed by atoms with Gasteiger partial charge in [0.05, 0.1) is 24.3 Å². The number of nitrogens with zero attached hydrogens (tertiary/aromatic N) is 3. The van der Waals surface area contributed by atoms with E-state index in [1.54, 1.807) is 19.1 Å². The van der Waals surface area contributed by atoms with Crippen LogP contribution in [0.15, 0.2) is 55.0 Å². The van der Waals surface area contributed by atoms with Gasteiger partial charge in [-0.2, -0.15) is 0 Å². The van der Waals surface area contributed by atoms with E-state index >= 15 is 0 Å². The van der Waals surface area contributed by atoms with Crippen molar-refractivity contribution in [3.63, 3.8) is 0 Å². The first-order valence-electron chi connectivity index (χ1n) is 10.3. The van der Waals surface area contributed by atoms with E-state index in [4.69, 9.17) is 0 Å². The molecule has 3 heterocycles. The first-order valence-corrected chi connectivity index (χ1v) is 10.3. The molecule has 0 amide bonds. The highest BCUT2D eigenvalue weighted by molar-refractivity contribution is 5.78. The molecule has 1 saturated heterocycles. The van der Waals surface area contributed by atoms with Crippen LogP contribution < -0.4 is 4.90 Å². The number of ketones is 1. The van der Waals surface area contributed by atoms with Gasteiger partial charge in [0.1, 0.15) is 11.6 Å². The molecule has 2 aliphatic rings. The molecule has 29 heavy (non-hydrogen) atoms.